The molecule has 0 fully saturated rings. The van der Waals surface area contributed by atoms with Crippen LogP contribution in [0.25, 0.3) is 11.1 Å². The lowest BCUT2D eigenvalue weighted by Gasteiger charge is -2.09. The van der Waals surface area contributed by atoms with Crippen LogP contribution in [0.15, 0.2) is 41.4 Å². The van der Waals surface area contributed by atoms with E-state index in [2.05, 4.69) is 17.8 Å². The zero-order valence-electron chi connectivity index (χ0n) is 11.5. The minimum Gasteiger partial charge on any atom is -0.295 e. The molecule has 0 spiro atoms. The van der Waals surface area contributed by atoms with Crippen LogP contribution in [0.2, 0.25) is 0 Å². The second-order valence-electron chi connectivity index (χ2n) is 4.75. The number of ketones is 1. The largest absolute Gasteiger partial charge is 0.295 e. The fraction of sp³-hybridized carbons (Fsp3) is 0.176. The highest BCUT2D eigenvalue weighted by atomic mass is 16.1. The second-order valence-corrected chi connectivity index (χ2v) is 4.75. The van der Waals surface area contributed by atoms with Gasteiger partial charge in [0.15, 0.2) is 5.78 Å². The van der Waals surface area contributed by atoms with E-state index in [0.29, 0.717) is 0 Å². The van der Waals surface area contributed by atoms with Crippen molar-refractivity contribution in [3.63, 3.8) is 0 Å². The van der Waals surface area contributed by atoms with Crippen LogP contribution in [0.1, 0.15) is 28.4 Å². The van der Waals surface area contributed by atoms with Gasteiger partial charge in [-0.15, -0.1) is 0 Å². The van der Waals surface area contributed by atoms with Crippen molar-refractivity contribution in [2.45, 2.75) is 20.8 Å². The molecule has 0 atom stereocenters. The summed E-state index contributed by atoms with van der Waals surface area (Å²) in [6.45, 7) is 9.20. The number of aryl methyl sites for hydroxylation is 2. The summed E-state index contributed by atoms with van der Waals surface area (Å²) in [4.78, 5) is 15.4. The molecule has 0 bridgehead atoms. The molecular formula is C17H17NO. The second kappa shape index (κ2) is 5.19. The quantitative estimate of drug-likeness (QED) is 0.583. The Morgan fingerprint density at radius 3 is 2.37 bits per heavy atom. The Hall–Kier alpha value is -2.22. The molecule has 0 aliphatic rings. The lowest BCUT2D eigenvalue weighted by Crippen LogP contribution is -1.94. The third-order valence-electron chi connectivity index (χ3n) is 3.32. The fourth-order valence-corrected chi connectivity index (χ4v) is 2.15. The molecule has 0 saturated heterocycles. The molecule has 96 valence electrons. The van der Waals surface area contributed by atoms with Gasteiger partial charge in [0, 0.05) is 5.56 Å². The first-order valence-corrected chi connectivity index (χ1v) is 6.22. The van der Waals surface area contributed by atoms with Gasteiger partial charge in [0.25, 0.3) is 0 Å². The van der Waals surface area contributed by atoms with E-state index in [0.717, 1.165) is 33.5 Å². The minimum atomic E-state index is 0.0898. The lowest BCUT2D eigenvalue weighted by atomic mass is 9.96. The Kier molecular flexibility index (Phi) is 3.61. The number of rotatable bonds is 3. The highest BCUT2D eigenvalue weighted by molar-refractivity contribution is 5.95. The molecule has 0 N–H and O–H groups in total. The smallest absolute Gasteiger partial charge is 0.159 e. The van der Waals surface area contributed by atoms with Gasteiger partial charge in [0.1, 0.15) is 0 Å². The predicted molar refractivity (Wildman–Crippen MR) is 80.6 cm³/mol. The van der Waals surface area contributed by atoms with Crippen molar-refractivity contribution >= 4 is 18.2 Å². The number of hydrogen-bond donors (Lipinski definition) is 0. The number of carbonyl (C=O) groups excluding carboxylic acids is 1. The number of Topliss-reactive ketones (excluding diaryl/α,β-unsaturated/α-hetero) is 1. The zero-order valence-corrected chi connectivity index (χ0v) is 11.5. The van der Waals surface area contributed by atoms with Gasteiger partial charge in [-0.1, -0.05) is 24.3 Å². The molecule has 2 aromatic carbocycles. The Balaban J connectivity index is 2.53. The van der Waals surface area contributed by atoms with E-state index in [4.69, 9.17) is 0 Å². The zero-order chi connectivity index (χ0) is 14.0. The first-order valence-electron chi connectivity index (χ1n) is 6.22. The molecule has 19 heavy (non-hydrogen) atoms. The molecular weight excluding hydrogens is 234 g/mol. The maximum Gasteiger partial charge on any atom is 0.159 e. The van der Waals surface area contributed by atoms with Crippen LogP contribution < -0.4 is 0 Å². The average Bonchev–Trinajstić information content (AvgIpc) is 2.39. The lowest BCUT2D eigenvalue weighted by molar-refractivity contribution is 0.101. The van der Waals surface area contributed by atoms with Crippen molar-refractivity contribution < 1.29 is 4.79 Å². The van der Waals surface area contributed by atoms with Crippen LogP contribution in [-0.4, -0.2) is 12.5 Å². The maximum atomic E-state index is 11.4. The van der Waals surface area contributed by atoms with Crippen LogP contribution in [-0.2, 0) is 0 Å². The van der Waals surface area contributed by atoms with E-state index in [1.807, 2.05) is 44.2 Å². The van der Waals surface area contributed by atoms with E-state index in [1.165, 1.54) is 0 Å². The summed E-state index contributed by atoms with van der Waals surface area (Å²) >= 11 is 0. The van der Waals surface area contributed by atoms with Crippen molar-refractivity contribution in [1.82, 2.24) is 0 Å². The van der Waals surface area contributed by atoms with Crippen molar-refractivity contribution in [3.8, 4) is 11.1 Å². The molecule has 0 aromatic heterocycles. The molecule has 2 rings (SSSR count). The SMILES string of the molecule is C=Nc1cc(-c2ccc(C(C)=O)cc2C)ccc1C. The van der Waals surface area contributed by atoms with Crippen LogP contribution in [0.4, 0.5) is 5.69 Å². The molecule has 0 radical (unpaired) electrons. The molecule has 0 heterocycles. The molecule has 0 amide bonds. The number of carbonyl (C=O) groups is 1. The third kappa shape index (κ3) is 2.63. The van der Waals surface area contributed by atoms with Gasteiger partial charge < -0.3 is 0 Å². The molecule has 0 unspecified atom stereocenters. The summed E-state index contributed by atoms with van der Waals surface area (Å²) in [5, 5.41) is 0. The fourth-order valence-electron chi connectivity index (χ4n) is 2.15. The van der Waals surface area contributed by atoms with E-state index in [-0.39, 0.29) is 5.78 Å². The first-order chi connectivity index (χ1) is 9.02. The molecule has 2 aromatic rings. The molecule has 2 heteroatoms. The highest BCUT2D eigenvalue weighted by Gasteiger charge is 2.07. The molecule has 0 saturated carbocycles. The van der Waals surface area contributed by atoms with Gasteiger partial charge in [-0.05, 0) is 61.9 Å². The monoisotopic (exact) mass is 251 g/mol. The van der Waals surface area contributed by atoms with Gasteiger partial charge in [0.2, 0.25) is 0 Å². The number of benzene rings is 2. The van der Waals surface area contributed by atoms with Crippen molar-refractivity contribution in [2.24, 2.45) is 4.99 Å². The molecule has 0 aliphatic heterocycles. The Morgan fingerprint density at radius 1 is 1.05 bits per heavy atom. The van der Waals surface area contributed by atoms with Crippen LogP contribution in [0.3, 0.4) is 0 Å². The maximum absolute atomic E-state index is 11.4. The van der Waals surface area contributed by atoms with E-state index in [1.54, 1.807) is 6.92 Å². The number of nitrogens with zero attached hydrogens (tertiary/aromatic N) is 1. The van der Waals surface area contributed by atoms with Crippen molar-refractivity contribution in [1.29, 1.82) is 0 Å². The average molecular weight is 251 g/mol. The van der Waals surface area contributed by atoms with E-state index < -0.39 is 0 Å². The minimum absolute atomic E-state index is 0.0898. The summed E-state index contributed by atoms with van der Waals surface area (Å²) < 4.78 is 0. The summed E-state index contributed by atoms with van der Waals surface area (Å²) in [6.07, 6.45) is 0. The van der Waals surface area contributed by atoms with Crippen molar-refractivity contribution in [3.05, 3.63) is 53.1 Å². The first kappa shape index (κ1) is 13.2. The topological polar surface area (TPSA) is 29.4 Å². The third-order valence-corrected chi connectivity index (χ3v) is 3.32. The van der Waals surface area contributed by atoms with Gasteiger partial charge >= 0.3 is 0 Å². The van der Waals surface area contributed by atoms with Gasteiger partial charge in [0.05, 0.1) is 5.69 Å². The van der Waals surface area contributed by atoms with Crippen LogP contribution in [0, 0.1) is 13.8 Å². The summed E-state index contributed by atoms with van der Waals surface area (Å²) in [5.41, 5.74) is 6.06. The Morgan fingerprint density at radius 2 is 1.79 bits per heavy atom. The number of hydrogen-bond acceptors (Lipinski definition) is 2. The Bertz CT molecular complexity index is 656. The Labute approximate surface area is 113 Å². The van der Waals surface area contributed by atoms with Crippen LogP contribution >= 0.6 is 0 Å². The predicted octanol–water partition coefficient (Wildman–Crippen LogP) is 4.51. The number of aliphatic imine (C=N–C) groups is 1. The normalized spacial score (nSPS) is 10.3. The molecule has 2 nitrogen and oxygen atoms in total. The van der Waals surface area contributed by atoms with Crippen LogP contribution in [0.5, 0.6) is 0 Å². The summed E-state index contributed by atoms with van der Waals surface area (Å²) in [7, 11) is 0. The van der Waals surface area contributed by atoms with Gasteiger partial charge in [-0.3, -0.25) is 9.79 Å². The van der Waals surface area contributed by atoms with Gasteiger partial charge in [-0.2, -0.15) is 0 Å². The van der Waals surface area contributed by atoms with E-state index >= 15 is 0 Å². The van der Waals surface area contributed by atoms with E-state index in [9.17, 15) is 4.79 Å². The van der Waals surface area contributed by atoms with Gasteiger partial charge in [-0.25, -0.2) is 0 Å². The molecule has 0 aliphatic carbocycles. The summed E-state index contributed by atoms with van der Waals surface area (Å²) in [5.74, 6) is 0.0898. The standard InChI is InChI=1S/C17H17NO/c1-11-5-6-15(10-17(11)18-4)16-8-7-14(13(3)19)9-12(16)2/h5-10H,4H2,1-3H3. The summed E-state index contributed by atoms with van der Waals surface area (Å²) in [6, 6.07) is 11.9. The van der Waals surface area contributed by atoms with Crippen molar-refractivity contribution in [2.75, 3.05) is 0 Å². The highest BCUT2D eigenvalue weighted by Crippen LogP contribution is 2.29.